The number of carboxylic acids is 1. The molecule has 8 heteroatoms. The normalized spacial score (nSPS) is 16.5. The van der Waals surface area contributed by atoms with Crippen LogP contribution in [0.1, 0.15) is 28.9 Å². The van der Waals surface area contributed by atoms with Gasteiger partial charge in [-0.1, -0.05) is 48.8 Å². The summed E-state index contributed by atoms with van der Waals surface area (Å²) in [7, 11) is 1.46. The number of ether oxygens (including phenoxy) is 1. The van der Waals surface area contributed by atoms with Gasteiger partial charge in [0.05, 0.1) is 18.4 Å². The van der Waals surface area contributed by atoms with E-state index in [9.17, 15) is 14.7 Å². The summed E-state index contributed by atoms with van der Waals surface area (Å²) < 4.78 is 5.15. The van der Waals surface area contributed by atoms with E-state index in [1.165, 1.54) is 13.2 Å². The van der Waals surface area contributed by atoms with Gasteiger partial charge in [0.15, 0.2) is 0 Å². The monoisotopic (exact) mass is 472 g/mol. The first-order valence-electron chi connectivity index (χ1n) is 9.38. The minimum Gasteiger partial charge on any atom is -0.497 e. The number of carbonyl (C=O) groups is 2. The lowest BCUT2D eigenvalue weighted by Crippen LogP contribution is -2.44. The average molecular weight is 473 g/mol. The molecule has 1 aliphatic rings. The van der Waals surface area contributed by atoms with Crippen LogP contribution in [0.3, 0.4) is 0 Å². The zero-order valence-corrected chi connectivity index (χ0v) is 17.9. The van der Waals surface area contributed by atoms with Crippen LogP contribution in [-0.2, 0) is 16.8 Å². The lowest BCUT2D eigenvalue weighted by Gasteiger charge is -2.31. The number of anilines is 2. The molecule has 1 amide bonds. The number of benzene rings is 3. The fourth-order valence-electron chi connectivity index (χ4n) is 3.81. The first-order valence-corrected chi connectivity index (χ1v) is 10.1. The topological polar surface area (TPSA) is 87.7 Å². The molecule has 0 fully saturated rings. The van der Waals surface area contributed by atoms with E-state index in [1.807, 2.05) is 6.07 Å². The summed E-state index contributed by atoms with van der Waals surface area (Å²) in [6.45, 7) is 0. The predicted octanol–water partition coefficient (Wildman–Crippen LogP) is 5.84. The van der Waals surface area contributed by atoms with Gasteiger partial charge in [-0.25, -0.2) is 4.79 Å². The molecule has 3 aromatic carbocycles. The largest absolute Gasteiger partial charge is 0.497 e. The van der Waals surface area contributed by atoms with Gasteiger partial charge in [0.2, 0.25) is 0 Å². The highest BCUT2D eigenvalue weighted by molar-refractivity contribution is 6.31. The van der Waals surface area contributed by atoms with Gasteiger partial charge in [0, 0.05) is 27.7 Å². The Balaban J connectivity index is 0.00000289. The summed E-state index contributed by atoms with van der Waals surface area (Å²) in [4.78, 5) is 25.3. The van der Waals surface area contributed by atoms with E-state index in [2.05, 4.69) is 10.6 Å². The second kappa shape index (κ2) is 9.10. The summed E-state index contributed by atoms with van der Waals surface area (Å²) in [5, 5.41) is 16.8. The van der Waals surface area contributed by atoms with E-state index in [4.69, 9.17) is 27.9 Å². The maximum absolute atomic E-state index is 13.3. The fraction of sp³-hybridized carbons (Fsp3) is 0.167. The van der Waals surface area contributed by atoms with Gasteiger partial charge in [0.1, 0.15) is 11.3 Å². The molecule has 4 rings (SSSR count). The molecule has 3 N–H and O–H groups in total. The molecule has 1 unspecified atom stereocenters. The number of amides is 1. The Morgan fingerprint density at radius 1 is 1.09 bits per heavy atom. The number of rotatable bonds is 6. The summed E-state index contributed by atoms with van der Waals surface area (Å²) in [6, 6.07) is 17.0. The van der Waals surface area contributed by atoms with E-state index in [-0.39, 0.29) is 31.0 Å². The number of fused-ring (bicyclic) bond motifs is 1. The van der Waals surface area contributed by atoms with E-state index < -0.39 is 11.5 Å². The molecule has 1 heterocycles. The van der Waals surface area contributed by atoms with Crippen LogP contribution in [-0.4, -0.2) is 24.1 Å². The zero-order chi connectivity index (χ0) is 22.2. The smallest absolute Gasteiger partial charge is 0.337 e. The number of aromatic carboxylic acids is 1. The van der Waals surface area contributed by atoms with E-state index >= 15 is 0 Å². The standard InChI is InChI=1S/C23H18Cl2N2O4.CH4/c1-31-16-6-8-19(17(11-16)21(28)29)27-23(12-13-3-2-4-14(24)9-13)18-7-5-15(25)10-20(18)26-22(23)30;/h2-11,27H,12H2,1H3,(H,26,30)(H,28,29);1H4. The number of carboxylic acid groups (broad SMARTS) is 1. The van der Waals surface area contributed by atoms with Crippen molar-refractivity contribution in [3.63, 3.8) is 0 Å². The van der Waals surface area contributed by atoms with Crippen LogP contribution in [0.25, 0.3) is 0 Å². The Morgan fingerprint density at radius 2 is 1.84 bits per heavy atom. The van der Waals surface area contributed by atoms with Crippen LogP contribution in [0, 0.1) is 0 Å². The third-order valence-corrected chi connectivity index (χ3v) is 5.71. The minimum absolute atomic E-state index is 0. The Bertz CT molecular complexity index is 1200. The zero-order valence-electron chi connectivity index (χ0n) is 16.4. The maximum Gasteiger partial charge on any atom is 0.337 e. The van der Waals surface area contributed by atoms with Gasteiger partial charge in [0.25, 0.3) is 5.91 Å². The van der Waals surface area contributed by atoms with E-state index in [1.54, 1.807) is 48.5 Å². The van der Waals surface area contributed by atoms with Crippen molar-refractivity contribution < 1.29 is 19.4 Å². The predicted molar refractivity (Wildman–Crippen MR) is 127 cm³/mol. The summed E-state index contributed by atoms with van der Waals surface area (Å²) >= 11 is 12.3. The first-order chi connectivity index (χ1) is 14.8. The van der Waals surface area contributed by atoms with Crippen molar-refractivity contribution in [3.8, 4) is 5.75 Å². The average Bonchev–Trinajstić information content (AvgIpc) is 2.98. The van der Waals surface area contributed by atoms with Gasteiger partial charge in [-0.3, -0.25) is 4.79 Å². The van der Waals surface area contributed by atoms with Crippen LogP contribution in [0.15, 0.2) is 60.7 Å². The quantitative estimate of drug-likeness (QED) is 0.419. The molecule has 1 aliphatic heterocycles. The van der Waals surface area contributed by atoms with Crippen molar-refractivity contribution in [1.29, 1.82) is 0 Å². The molecule has 6 nitrogen and oxygen atoms in total. The van der Waals surface area contributed by atoms with E-state index in [0.29, 0.717) is 27.0 Å². The second-order valence-corrected chi connectivity index (χ2v) is 8.07. The van der Waals surface area contributed by atoms with Crippen molar-refractivity contribution in [1.82, 2.24) is 0 Å². The number of nitrogens with one attached hydrogen (secondary N) is 2. The van der Waals surface area contributed by atoms with Crippen molar-refractivity contribution >= 4 is 46.5 Å². The molecule has 0 bridgehead atoms. The molecule has 32 heavy (non-hydrogen) atoms. The van der Waals surface area contributed by atoms with E-state index in [0.717, 1.165) is 5.56 Å². The lowest BCUT2D eigenvalue weighted by atomic mass is 9.84. The summed E-state index contributed by atoms with van der Waals surface area (Å²) in [5.74, 6) is -1.07. The molecule has 166 valence electrons. The number of halogens is 2. The van der Waals surface area contributed by atoms with Gasteiger partial charge in [-0.2, -0.15) is 0 Å². The third-order valence-electron chi connectivity index (χ3n) is 5.24. The summed E-state index contributed by atoms with van der Waals surface area (Å²) in [6.07, 6.45) is 0.235. The number of carbonyl (C=O) groups excluding carboxylic acids is 1. The minimum atomic E-state index is -1.27. The van der Waals surface area contributed by atoms with Crippen molar-refractivity contribution in [3.05, 3.63) is 87.4 Å². The van der Waals surface area contributed by atoms with Crippen molar-refractivity contribution in [2.75, 3.05) is 17.7 Å². The highest BCUT2D eigenvalue weighted by Gasteiger charge is 2.47. The van der Waals surface area contributed by atoms with Gasteiger partial charge < -0.3 is 20.5 Å². The Morgan fingerprint density at radius 3 is 2.53 bits per heavy atom. The fourth-order valence-corrected chi connectivity index (χ4v) is 4.19. The molecule has 3 aromatic rings. The molecule has 0 radical (unpaired) electrons. The maximum atomic E-state index is 13.3. The van der Waals surface area contributed by atoms with Crippen molar-refractivity contribution in [2.45, 2.75) is 19.4 Å². The van der Waals surface area contributed by atoms with Gasteiger partial charge in [-0.05, 0) is 48.0 Å². The lowest BCUT2D eigenvalue weighted by molar-refractivity contribution is -0.119. The Hall–Kier alpha value is -3.22. The van der Waals surface area contributed by atoms with Crippen molar-refractivity contribution in [2.24, 2.45) is 0 Å². The Labute approximate surface area is 196 Å². The molecule has 0 aliphatic carbocycles. The summed E-state index contributed by atoms with van der Waals surface area (Å²) in [5.41, 5.74) is 1.03. The third kappa shape index (κ3) is 4.24. The molecular weight excluding hydrogens is 451 g/mol. The Kier molecular flexibility index (Phi) is 6.67. The molecule has 1 atom stereocenters. The van der Waals surface area contributed by atoms with Crippen LogP contribution in [0.5, 0.6) is 5.75 Å². The molecule has 0 aromatic heterocycles. The van der Waals surface area contributed by atoms with Crippen LogP contribution in [0.4, 0.5) is 11.4 Å². The number of hydrogen-bond donors (Lipinski definition) is 3. The second-order valence-electron chi connectivity index (χ2n) is 7.20. The molecule has 0 spiro atoms. The molecule has 0 saturated carbocycles. The van der Waals surface area contributed by atoms with Crippen LogP contribution < -0.4 is 15.4 Å². The SMILES string of the molecule is C.COc1ccc(NC2(Cc3cccc(Cl)c3)C(=O)Nc3cc(Cl)ccc32)c(C(=O)O)c1. The number of methoxy groups -OCH3 is 1. The highest BCUT2D eigenvalue weighted by Crippen LogP contribution is 2.43. The number of hydrogen-bond acceptors (Lipinski definition) is 4. The molecular formula is C24H22Cl2N2O4. The van der Waals surface area contributed by atoms with Gasteiger partial charge in [-0.15, -0.1) is 0 Å². The van der Waals surface area contributed by atoms with Crippen LogP contribution >= 0.6 is 23.2 Å². The molecule has 0 saturated heterocycles. The first kappa shape index (κ1) is 23.4. The van der Waals surface area contributed by atoms with Gasteiger partial charge >= 0.3 is 5.97 Å². The van der Waals surface area contributed by atoms with Crippen LogP contribution in [0.2, 0.25) is 10.0 Å². The highest BCUT2D eigenvalue weighted by atomic mass is 35.5.